The largest absolute Gasteiger partial charge is 0.326 e. The molecule has 6 heteroatoms. The Morgan fingerprint density at radius 3 is 2.52 bits per heavy atom. The Morgan fingerprint density at radius 2 is 1.95 bits per heavy atom. The van der Waals surface area contributed by atoms with Gasteiger partial charge < -0.3 is 11.1 Å². The summed E-state index contributed by atoms with van der Waals surface area (Å²) >= 11 is 0. The van der Waals surface area contributed by atoms with Crippen LogP contribution in [0, 0.1) is 24.0 Å². The standard InChI is InChI=1S/C15H21N3O3/c1-10-8-13(18(20)21)11(2)7-12(10)17-14(19)9-15(16)5-3-4-6-15/h7-8H,3-6,9,16H2,1-2H3,(H,17,19). The minimum Gasteiger partial charge on any atom is -0.326 e. The number of hydrogen-bond donors (Lipinski definition) is 2. The van der Waals surface area contributed by atoms with E-state index in [1.54, 1.807) is 19.9 Å². The summed E-state index contributed by atoms with van der Waals surface area (Å²) in [5.41, 5.74) is 7.69. The number of nitrogens with one attached hydrogen (secondary N) is 1. The van der Waals surface area contributed by atoms with Gasteiger partial charge >= 0.3 is 0 Å². The first kappa shape index (κ1) is 15.4. The molecule has 21 heavy (non-hydrogen) atoms. The summed E-state index contributed by atoms with van der Waals surface area (Å²) in [4.78, 5) is 22.6. The van der Waals surface area contributed by atoms with Gasteiger partial charge in [-0.05, 0) is 38.3 Å². The highest BCUT2D eigenvalue weighted by molar-refractivity contribution is 5.92. The molecule has 1 fully saturated rings. The molecular weight excluding hydrogens is 270 g/mol. The van der Waals surface area contributed by atoms with Gasteiger partial charge in [0.15, 0.2) is 0 Å². The van der Waals surface area contributed by atoms with Gasteiger partial charge in [-0.1, -0.05) is 12.8 Å². The van der Waals surface area contributed by atoms with Crippen molar-refractivity contribution in [3.05, 3.63) is 33.4 Å². The van der Waals surface area contributed by atoms with Crippen molar-refractivity contribution >= 4 is 17.3 Å². The third-order valence-electron chi connectivity index (χ3n) is 4.13. The van der Waals surface area contributed by atoms with E-state index in [1.165, 1.54) is 6.07 Å². The van der Waals surface area contributed by atoms with Crippen LogP contribution in [0.5, 0.6) is 0 Å². The molecule has 6 nitrogen and oxygen atoms in total. The number of aryl methyl sites for hydroxylation is 2. The molecule has 0 bridgehead atoms. The maximum atomic E-state index is 12.1. The van der Waals surface area contributed by atoms with Gasteiger partial charge in [-0.25, -0.2) is 0 Å². The van der Waals surface area contributed by atoms with Crippen LogP contribution in [-0.4, -0.2) is 16.4 Å². The topological polar surface area (TPSA) is 98.3 Å². The Balaban J connectivity index is 2.10. The number of rotatable bonds is 4. The van der Waals surface area contributed by atoms with Crippen molar-refractivity contribution in [2.45, 2.75) is 51.5 Å². The lowest BCUT2D eigenvalue weighted by molar-refractivity contribution is -0.385. The molecule has 1 aliphatic carbocycles. The van der Waals surface area contributed by atoms with E-state index in [-0.39, 0.29) is 11.6 Å². The molecule has 0 spiro atoms. The minimum atomic E-state index is -0.415. The first-order valence-corrected chi connectivity index (χ1v) is 7.15. The fourth-order valence-corrected chi connectivity index (χ4v) is 2.90. The maximum absolute atomic E-state index is 12.1. The van der Waals surface area contributed by atoms with Crippen molar-refractivity contribution in [1.29, 1.82) is 0 Å². The number of carbonyl (C=O) groups excluding carboxylic acids is 1. The maximum Gasteiger partial charge on any atom is 0.272 e. The molecular formula is C15H21N3O3. The molecule has 0 aromatic heterocycles. The lowest BCUT2D eigenvalue weighted by Gasteiger charge is -2.22. The number of benzene rings is 1. The molecule has 0 heterocycles. The van der Waals surface area contributed by atoms with Crippen LogP contribution in [0.2, 0.25) is 0 Å². The second-order valence-electron chi connectivity index (χ2n) is 6.01. The van der Waals surface area contributed by atoms with Gasteiger partial charge in [0.25, 0.3) is 5.69 Å². The number of anilines is 1. The summed E-state index contributed by atoms with van der Waals surface area (Å²) < 4.78 is 0. The van der Waals surface area contributed by atoms with Crippen LogP contribution < -0.4 is 11.1 Å². The summed E-state index contributed by atoms with van der Waals surface area (Å²) in [5.74, 6) is -0.129. The Kier molecular flexibility index (Phi) is 4.27. The number of nitrogens with zero attached hydrogens (tertiary/aromatic N) is 1. The molecule has 0 radical (unpaired) electrons. The van der Waals surface area contributed by atoms with E-state index in [9.17, 15) is 14.9 Å². The van der Waals surface area contributed by atoms with Gasteiger partial charge in [0.2, 0.25) is 5.91 Å². The summed E-state index contributed by atoms with van der Waals surface area (Å²) in [6.45, 7) is 3.41. The zero-order chi connectivity index (χ0) is 15.6. The second kappa shape index (κ2) is 5.81. The molecule has 0 unspecified atom stereocenters. The minimum absolute atomic E-state index is 0.0663. The monoisotopic (exact) mass is 291 g/mol. The van der Waals surface area contributed by atoms with Crippen LogP contribution in [0.25, 0.3) is 0 Å². The highest BCUT2D eigenvalue weighted by Crippen LogP contribution is 2.31. The normalized spacial score (nSPS) is 16.7. The van der Waals surface area contributed by atoms with Gasteiger partial charge in [0.05, 0.1) is 4.92 Å². The first-order valence-electron chi connectivity index (χ1n) is 7.15. The quantitative estimate of drug-likeness (QED) is 0.658. The van der Waals surface area contributed by atoms with E-state index in [0.717, 1.165) is 25.7 Å². The van der Waals surface area contributed by atoms with Crippen molar-refractivity contribution in [2.24, 2.45) is 5.73 Å². The van der Waals surface area contributed by atoms with Crippen LogP contribution in [0.1, 0.15) is 43.2 Å². The average Bonchev–Trinajstić information content (AvgIpc) is 2.79. The van der Waals surface area contributed by atoms with Crippen LogP contribution in [0.15, 0.2) is 12.1 Å². The van der Waals surface area contributed by atoms with Gasteiger partial charge in [-0.2, -0.15) is 0 Å². The number of nitro benzene ring substituents is 1. The van der Waals surface area contributed by atoms with Crippen molar-refractivity contribution in [1.82, 2.24) is 0 Å². The Labute approximate surface area is 123 Å². The van der Waals surface area contributed by atoms with Crippen molar-refractivity contribution in [2.75, 3.05) is 5.32 Å². The van der Waals surface area contributed by atoms with Crippen molar-refractivity contribution in [3.63, 3.8) is 0 Å². The first-order chi connectivity index (χ1) is 9.81. The second-order valence-corrected chi connectivity index (χ2v) is 6.01. The van der Waals surface area contributed by atoms with Crippen LogP contribution in [0.3, 0.4) is 0 Å². The van der Waals surface area contributed by atoms with E-state index in [4.69, 9.17) is 5.73 Å². The van der Waals surface area contributed by atoms with Crippen LogP contribution in [-0.2, 0) is 4.79 Å². The molecule has 1 saturated carbocycles. The number of carbonyl (C=O) groups is 1. The molecule has 0 saturated heterocycles. The van der Waals surface area contributed by atoms with E-state index >= 15 is 0 Å². The fourth-order valence-electron chi connectivity index (χ4n) is 2.90. The molecule has 1 aromatic rings. The third-order valence-corrected chi connectivity index (χ3v) is 4.13. The Hall–Kier alpha value is -1.95. The molecule has 1 amide bonds. The molecule has 1 aromatic carbocycles. The lowest BCUT2D eigenvalue weighted by atomic mass is 9.94. The third kappa shape index (κ3) is 3.58. The van der Waals surface area contributed by atoms with E-state index < -0.39 is 10.5 Å². The van der Waals surface area contributed by atoms with Gasteiger partial charge in [0, 0.05) is 29.3 Å². The molecule has 114 valence electrons. The Morgan fingerprint density at radius 1 is 1.33 bits per heavy atom. The summed E-state index contributed by atoms with van der Waals surface area (Å²) in [6.07, 6.45) is 4.18. The fraction of sp³-hybridized carbons (Fsp3) is 0.533. The van der Waals surface area contributed by atoms with E-state index in [1.807, 2.05) is 0 Å². The zero-order valence-electron chi connectivity index (χ0n) is 12.4. The SMILES string of the molecule is Cc1cc([N+](=O)[O-])c(C)cc1NC(=O)CC1(N)CCCC1. The molecule has 0 atom stereocenters. The lowest BCUT2D eigenvalue weighted by Crippen LogP contribution is -2.40. The highest BCUT2D eigenvalue weighted by atomic mass is 16.6. The molecule has 2 rings (SSSR count). The molecule has 3 N–H and O–H groups in total. The zero-order valence-corrected chi connectivity index (χ0v) is 12.4. The van der Waals surface area contributed by atoms with Crippen molar-refractivity contribution in [3.8, 4) is 0 Å². The van der Waals surface area contributed by atoms with Gasteiger partial charge in [-0.3, -0.25) is 14.9 Å². The van der Waals surface area contributed by atoms with Crippen LogP contribution >= 0.6 is 0 Å². The predicted molar refractivity (Wildman–Crippen MR) is 81.2 cm³/mol. The van der Waals surface area contributed by atoms with Crippen LogP contribution in [0.4, 0.5) is 11.4 Å². The predicted octanol–water partition coefficient (Wildman–Crippen LogP) is 2.81. The smallest absolute Gasteiger partial charge is 0.272 e. The molecule has 0 aliphatic heterocycles. The highest BCUT2D eigenvalue weighted by Gasteiger charge is 2.31. The van der Waals surface area contributed by atoms with Gasteiger partial charge in [0.1, 0.15) is 0 Å². The average molecular weight is 291 g/mol. The molecule has 1 aliphatic rings. The van der Waals surface area contributed by atoms with Gasteiger partial charge in [-0.15, -0.1) is 0 Å². The van der Waals surface area contributed by atoms with E-state index in [0.29, 0.717) is 23.2 Å². The Bertz CT molecular complexity index is 578. The summed E-state index contributed by atoms with van der Waals surface area (Å²) in [5, 5.41) is 13.7. The van der Waals surface area contributed by atoms with E-state index in [2.05, 4.69) is 5.32 Å². The number of amides is 1. The number of nitrogens with two attached hydrogens (primary N) is 1. The summed E-state index contributed by atoms with van der Waals surface area (Å²) in [7, 11) is 0. The number of nitro groups is 1. The number of hydrogen-bond acceptors (Lipinski definition) is 4. The van der Waals surface area contributed by atoms with Crippen molar-refractivity contribution < 1.29 is 9.72 Å². The summed E-state index contributed by atoms with van der Waals surface area (Å²) in [6, 6.07) is 3.13.